The first-order valence-corrected chi connectivity index (χ1v) is 15.1. The van der Waals surface area contributed by atoms with E-state index in [1.54, 1.807) is 0 Å². The second kappa shape index (κ2) is 8.58. The van der Waals surface area contributed by atoms with Crippen molar-refractivity contribution in [3.8, 4) is 0 Å². The second-order valence-electron chi connectivity index (χ2n) is 15.6. The van der Waals surface area contributed by atoms with E-state index in [-0.39, 0.29) is 57.5 Å². The number of rotatable bonds is 3. The van der Waals surface area contributed by atoms with E-state index in [0.29, 0.717) is 42.6 Å². The molecule has 0 heterocycles. The Hall–Kier alpha value is -1.83. The minimum absolute atomic E-state index is 0.0231. The Kier molecular flexibility index (Phi) is 6.26. The van der Waals surface area contributed by atoms with Gasteiger partial charge in [0.15, 0.2) is 0 Å². The molecular weight excluding hydrogens is 474 g/mol. The highest BCUT2D eigenvalue weighted by atomic mass is 16.4. The summed E-state index contributed by atoms with van der Waals surface area (Å²) in [5.41, 5.74) is -0.422. The van der Waals surface area contributed by atoms with Gasteiger partial charge in [-0.25, -0.2) is 4.85 Å². The summed E-state index contributed by atoms with van der Waals surface area (Å²) in [4.78, 5) is 30.1. The monoisotopic (exact) mass is 523 g/mol. The maximum absolute atomic E-state index is 14.6. The van der Waals surface area contributed by atoms with Crippen LogP contribution in [0.1, 0.15) is 113 Å². The predicted molar refractivity (Wildman–Crippen MR) is 148 cm³/mol. The van der Waals surface area contributed by atoms with Gasteiger partial charge in [-0.05, 0) is 103 Å². The highest BCUT2D eigenvalue weighted by molar-refractivity contribution is 5.84. The second-order valence-corrected chi connectivity index (χ2v) is 15.6. The summed E-state index contributed by atoms with van der Waals surface area (Å²) in [7, 11) is 0. The first-order valence-electron chi connectivity index (χ1n) is 15.1. The number of carboxylic acid groups (broad SMARTS) is 1. The number of hydrogen-bond donors (Lipinski definition) is 2. The van der Waals surface area contributed by atoms with Crippen molar-refractivity contribution in [2.24, 2.45) is 62.6 Å². The Morgan fingerprint density at radius 2 is 1.68 bits per heavy atom. The van der Waals surface area contributed by atoms with E-state index in [1.807, 2.05) is 0 Å². The van der Waals surface area contributed by atoms with E-state index in [9.17, 15) is 19.8 Å². The third-order valence-electron chi connectivity index (χ3n) is 14.1. The summed E-state index contributed by atoms with van der Waals surface area (Å²) in [6.45, 7) is 23.9. The molecule has 5 heteroatoms. The van der Waals surface area contributed by atoms with Crippen molar-refractivity contribution >= 4 is 11.8 Å². The summed E-state index contributed by atoms with van der Waals surface area (Å²) >= 11 is 0. The quantitative estimate of drug-likeness (QED) is 0.367. The van der Waals surface area contributed by atoms with Gasteiger partial charge in [-0.1, -0.05) is 48.5 Å². The third kappa shape index (κ3) is 3.40. The van der Waals surface area contributed by atoms with E-state index in [0.717, 1.165) is 38.5 Å². The minimum atomic E-state index is -0.724. The zero-order valence-corrected chi connectivity index (χ0v) is 24.7. The number of allylic oxidation sites excluding steroid dienone is 2. The molecule has 0 aromatic rings. The van der Waals surface area contributed by atoms with Crippen molar-refractivity contribution in [1.82, 2.24) is 0 Å². The van der Waals surface area contributed by atoms with Gasteiger partial charge in [-0.3, -0.25) is 9.59 Å². The summed E-state index contributed by atoms with van der Waals surface area (Å²) in [6.07, 6.45) is 8.21. The number of carbonyl (C=O) groups excluding carboxylic acids is 1. The number of aliphatic hydroxyl groups is 1. The number of carboxylic acids is 1. The van der Waals surface area contributed by atoms with Gasteiger partial charge in [0.25, 0.3) is 0 Å². The average molecular weight is 524 g/mol. The predicted octanol–water partition coefficient (Wildman–Crippen LogP) is 8.07. The molecule has 5 nitrogen and oxygen atoms in total. The molecular formula is C33H49NO4. The van der Waals surface area contributed by atoms with Gasteiger partial charge in [0.2, 0.25) is 5.70 Å². The van der Waals surface area contributed by atoms with Crippen molar-refractivity contribution in [1.29, 1.82) is 0 Å². The lowest BCUT2D eigenvalue weighted by molar-refractivity contribution is -0.235. The number of nitrogens with zero attached hydrogens (tertiary/aromatic N) is 1. The van der Waals surface area contributed by atoms with E-state index in [1.165, 1.54) is 0 Å². The van der Waals surface area contributed by atoms with Crippen molar-refractivity contribution in [3.63, 3.8) is 0 Å². The molecule has 0 spiro atoms. The van der Waals surface area contributed by atoms with Crippen molar-refractivity contribution < 1.29 is 19.8 Å². The average Bonchev–Trinajstić information content (AvgIpc) is 2.84. The first kappa shape index (κ1) is 27.7. The maximum atomic E-state index is 14.6. The summed E-state index contributed by atoms with van der Waals surface area (Å²) < 4.78 is 0. The number of ketones is 1. The Morgan fingerprint density at radius 3 is 2.32 bits per heavy atom. The van der Waals surface area contributed by atoms with Crippen LogP contribution in [0.4, 0.5) is 0 Å². The van der Waals surface area contributed by atoms with Gasteiger partial charge in [0, 0.05) is 24.2 Å². The molecule has 38 heavy (non-hydrogen) atoms. The van der Waals surface area contributed by atoms with Crippen LogP contribution < -0.4 is 0 Å². The van der Waals surface area contributed by atoms with Crippen LogP contribution in [0.15, 0.2) is 11.5 Å². The summed E-state index contributed by atoms with van der Waals surface area (Å²) in [5.74, 6) is 1.50. The highest BCUT2D eigenvalue weighted by Crippen LogP contribution is 2.77. The van der Waals surface area contributed by atoms with Crippen LogP contribution in [-0.4, -0.2) is 22.0 Å². The van der Waals surface area contributed by atoms with Gasteiger partial charge >= 0.3 is 5.97 Å². The van der Waals surface area contributed by atoms with Crippen LogP contribution in [0.3, 0.4) is 0 Å². The molecule has 5 aliphatic carbocycles. The minimum Gasteiger partial charge on any atom is -0.523 e. The van der Waals surface area contributed by atoms with Gasteiger partial charge < -0.3 is 10.2 Å². The summed E-state index contributed by atoms with van der Waals surface area (Å²) in [6, 6.07) is 0. The fraction of sp³-hybridized carbons (Fsp3) is 0.848. The Labute approximate surface area is 229 Å². The van der Waals surface area contributed by atoms with Crippen LogP contribution in [0, 0.1) is 69.2 Å². The Balaban J connectivity index is 1.60. The van der Waals surface area contributed by atoms with E-state index in [2.05, 4.69) is 53.3 Å². The molecule has 0 aromatic heterocycles. The topological polar surface area (TPSA) is 79.0 Å². The van der Waals surface area contributed by atoms with E-state index >= 15 is 0 Å². The third-order valence-corrected chi connectivity index (χ3v) is 14.1. The lowest BCUT2D eigenvalue weighted by atomic mass is 9.31. The van der Waals surface area contributed by atoms with E-state index < -0.39 is 11.4 Å². The lowest BCUT2D eigenvalue weighted by Crippen LogP contribution is -2.69. The summed E-state index contributed by atoms with van der Waals surface area (Å²) in [5, 5.41) is 20.7. The molecule has 0 unspecified atom stereocenters. The Bertz CT molecular complexity index is 1120. The first-order chi connectivity index (χ1) is 17.6. The number of Topliss-reactive ketones (excluding diaryl/α,β-unsaturated/α-hetero) is 1. The fourth-order valence-corrected chi connectivity index (χ4v) is 11.7. The number of carbonyl (C=O) groups is 2. The van der Waals surface area contributed by atoms with Crippen LogP contribution in [0.5, 0.6) is 0 Å². The van der Waals surface area contributed by atoms with Crippen molar-refractivity contribution in [2.45, 2.75) is 113 Å². The molecule has 210 valence electrons. The molecule has 0 bridgehead atoms. The van der Waals surface area contributed by atoms with Crippen molar-refractivity contribution in [3.05, 3.63) is 22.9 Å². The molecule has 4 saturated carbocycles. The van der Waals surface area contributed by atoms with Crippen LogP contribution in [-0.2, 0) is 9.59 Å². The number of aliphatic carboxylic acids is 1. The molecule has 10 atom stereocenters. The van der Waals surface area contributed by atoms with Gasteiger partial charge in [0.1, 0.15) is 11.5 Å². The molecule has 0 aromatic carbocycles. The van der Waals surface area contributed by atoms with Gasteiger partial charge in [-0.2, -0.15) is 0 Å². The molecule has 5 rings (SSSR count). The molecule has 2 N–H and O–H groups in total. The molecule has 0 radical (unpaired) electrons. The van der Waals surface area contributed by atoms with Crippen LogP contribution in [0.25, 0.3) is 4.85 Å². The number of fused-ring (bicyclic) bond motifs is 7. The van der Waals surface area contributed by atoms with E-state index in [4.69, 9.17) is 6.57 Å². The normalized spacial score (nSPS) is 49.7. The number of hydrogen-bond acceptors (Lipinski definition) is 3. The van der Waals surface area contributed by atoms with Crippen LogP contribution in [0.2, 0.25) is 0 Å². The van der Waals surface area contributed by atoms with Crippen molar-refractivity contribution in [2.75, 3.05) is 0 Å². The smallest absolute Gasteiger partial charge is 0.303 e. The molecule has 0 aliphatic heterocycles. The lowest BCUT2D eigenvalue weighted by Gasteiger charge is -2.73. The molecule has 5 aliphatic rings. The number of aliphatic hydroxyl groups excluding tert-OH is 1. The fourth-order valence-electron chi connectivity index (χ4n) is 11.7. The van der Waals surface area contributed by atoms with Gasteiger partial charge in [0.05, 0.1) is 6.57 Å². The molecule has 0 amide bonds. The van der Waals surface area contributed by atoms with Crippen LogP contribution >= 0.6 is 0 Å². The SMILES string of the molecule is [C-]#[N+]C1=C(O)C(C)(C)[C@@H]2CC[C@]3(C)[C@H](CC(=O)[C@@H]4[C@@H]5[C@@H](C)[C@H](C)CC[C@]5(CCC(=O)O)CC[C@]43C)[C@@]2(C)C1. The standard InChI is InChI=1S/C33H49NO4/c1-19-9-13-33(14-11-25(36)37)16-15-32(7)27(26(33)20(19)2)22(35)17-24-30(5)18-21(34-8)28(38)29(3,4)23(30)10-12-31(24,32)6/h19-20,23-24,26-27,38H,9-18H2,1-7H3,(H,36,37)/t19-,20+,23+,24-,26+,27-,30+,31-,32-,33+/m1/s1. The van der Waals surface area contributed by atoms with Gasteiger partial charge in [-0.15, -0.1) is 0 Å². The molecule has 4 fully saturated rings. The zero-order valence-electron chi connectivity index (χ0n) is 24.7. The largest absolute Gasteiger partial charge is 0.523 e. The maximum Gasteiger partial charge on any atom is 0.303 e. The zero-order chi connectivity index (χ0) is 28.1. The Morgan fingerprint density at radius 1 is 1.00 bits per heavy atom. The highest BCUT2D eigenvalue weighted by Gasteiger charge is 2.72. The molecule has 0 saturated heterocycles.